The average Bonchev–Trinajstić information content (AvgIpc) is 3.46. The lowest BCUT2D eigenvalue weighted by atomic mass is 10.0. The van der Waals surface area contributed by atoms with E-state index in [0.29, 0.717) is 11.6 Å². The summed E-state index contributed by atoms with van der Waals surface area (Å²) in [7, 11) is 0. The van der Waals surface area contributed by atoms with Gasteiger partial charge in [-0.2, -0.15) is 0 Å². The molecular formula is C41H26N4. The number of hydrogen-bond donors (Lipinski definition) is 0. The van der Waals surface area contributed by atoms with Crippen LogP contribution in [0.4, 0.5) is 5.69 Å². The maximum absolute atomic E-state index is 7.24. The summed E-state index contributed by atoms with van der Waals surface area (Å²) in [6.45, 7) is 7.24. The molecule has 0 unspecified atom stereocenters. The molecule has 0 bridgehead atoms. The van der Waals surface area contributed by atoms with Crippen LogP contribution in [0.1, 0.15) is 0 Å². The quantitative estimate of drug-likeness (QED) is 0.192. The van der Waals surface area contributed by atoms with E-state index in [4.69, 9.17) is 16.5 Å². The summed E-state index contributed by atoms with van der Waals surface area (Å²) in [5, 5.41) is 2.32. The van der Waals surface area contributed by atoms with Crippen LogP contribution in [0.25, 0.3) is 77.4 Å². The van der Waals surface area contributed by atoms with E-state index in [-0.39, 0.29) is 0 Å². The van der Waals surface area contributed by atoms with Crippen LogP contribution in [0.15, 0.2) is 158 Å². The summed E-state index contributed by atoms with van der Waals surface area (Å²) in [6.07, 6.45) is 0. The van der Waals surface area contributed by atoms with Crippen molar-refractivity contribution in [1.82, 2.24) is 14.5 Å². The first-order chi connectivity index (χ1) is 22.2. The van der Waals surface area contributed by atoms with Crippen LogP contribution in [0.2, 0.25) is 0 Å². The molecule has 0 amide bonds. The zero-order chi connectivity index (χ0) is 30.2. The summed E-state index contributed by atoms with van der Waals surface area (Å²) in [5.74, 6) is 0.626. The van der Waals surface area contributed by atoms with Crippen LogP contribution < -0.4 is 0 Å². The molecule has 0 fully saturated rings. The number of nitrogens with zero attached hydrogens (tertiary/aromatic N) is 4. The summed E-state index contributed by atoms with van der Waals surface area (Å²) in [4.78, 5) is 13.9. The van der Waals surface area contributed by atoms with Crippen molar-refractivity contribution in [2.75, 3.05) is 0 Å². The van der Waals surface area contributed by atoms with E-state index < -0.39 is 0 Å². The first-order valence-corrected chi connectivity index (χ1v) is 14.9. The molecule has 0 N–H and O–H groups in total. The molecule has 2 aromatic heterocycles. The SMILES string of the molecule is [C-]#[N+]c1ccc(-c2ccc(-c3cc(-c4ccccc4)nc(-n4c5ccccc5c5ccc(-c6ccccc6)cc54)n3)cc2)cc1. The van der Waals surface area contributed by atoms with Gasteiger partial charge >= 0.3 is 0 Å². The van der Waals surface area contributed by atoms with Crippen molar-refractivity contribution < 1.29 is 0 Å². The Morgan fingerprint density at radius 3 is 1.58 bits per heavy atom. The van der Waals surface area contributed by atoms with Gasteiger partial charge in [-0.05, 0) is 40.5 Å². The zero-order valence-corrected chi connectivity index (χ0v) is 24.3. The number of aromatic nitrogens is 3. The Balaban J connectivity index is 1.33. The molecule has 210 valence electrons. The zero-order valence-electron chi connectivity index (χ0n) is 24.3. The Morgan fingerprint density at radius 1 is 0.422 bits per heavy atom. The summed E-state index contributed by atoms with van der Waals surface area (Å²) < 4.78 is 2.19. The van der Waals surface area contributed by atoms with E-state index in [1.54, 1.807) is 0 Å². The van der Waals surface area contributed by atoms with Gasteiger partial charge in [0, 0.05) is 21.9 Å². The highest BCUT2D eigenvalue weighted by atomic mass is 15.2. The predicted octanol–water partition coefficient (Wildman–Crippen LogP) is 10.8. The fourth-order valence-electron chi connectivity index (χ4n) is 6.00. The van der Waals surface area contributed by atoms with Gasteiger partial charge in [0.05, 0.1) is 29.0 Å². The van der Waals surface area contributed by atoms with Crippen LogP contribution in [0, 0.1) is 6.57 Å². The van der Waals surface area contributed by atoms with Gasteiger partial charge in [0.1, 0.15) is 0 Å². The molecule has 0 aliphatic heterocycles. The normalized spacial score (nSPS) is 11.1. The minimum absolute atomic E-state index is 0.626. The fraction of sp³-hybridized carbons (Fsp3) is 0. The Bertz CT molecular complexity index is 2350. The minimum atomic E-state index is 0.626. The summed E-state index contributed by atoms with van der Waals surface area (Å²) in [5.41, 5.74) is 11.0. The van der Waals surface area contributed by atoms with E-state index in [0.717, 1.165) is 61.0 Å². The molecule has 0 atom stereocenters. The number of fused-ring (bicyclic) bond motifs is 3. The van der Waals surface area contributed by atoms with Crippen LogP contribution in [-0.4, -0.2) is 14.5 Å². The van der Waals surface area contributed by atoms with Gasteiger partial charge in [-0.25, -0.2) is 14.8 Å². The molecule has 4 nitrogen and oxygen atoms in total. The smallest absolute Gasteiger partial charge is 0.235 e. The lowest BCUT2D eigenvalue weighted by Crippen LogP contribution is -2.04. The lowest BCUT2D eigenvalue weighted by molar-refractivity contribution is 0.996. The van der Waals surface area contributed by atoms with Crippen molar-refractivity contribution in [2.45, 2.75) is 0 Å². The van der Waals surface area contributed by atoms with Crippen LogP contribution in [-0.2, 0) is 0 Å². The molecule has 8 aromatic rings. The van der Waals surface area contributed by atoms with Gasteiger partial charge < -0.3 is 0 Å². The van der Waals surface area contributed by atoms with Crippen molar-refractivity contribution >= 4 is 27.5 Å². The Kier molecular flexibility index (Phi) is 6.48. The first-order valence-electron chi connectivity index (χ1n) is 14.9. The minimum Gasteiger partial charge on any atom is -0.278 e. The number of para-hydroxylation sites is 1. The molecule has 0 spiro atoms. The molecule has 2 heterocycles. The highest BCUT2D eigenvalue weighted by Crippen LogP contribution is 2.35. The van der Waals surface area contributed by atoms with Gasteiger partial charge in [-0.3, -0.25) is 4.57 Å². The van der Waals surface area contributed by atoms with Gasteiger partial charge in [0.2, 0.25) is 5.95 Å². The van der Waals surface area contributed by atoms with Gasteiger partial charge in [0.25, 0.3) is 0 Å². The van der Waals surface area contributed by atoms with Crippen LogP contribution in [0.3, 0.4) is 0 Å². The van der Waals surface area contributed by atoms with Crippen molar-refractivity contribution in [2.24, 2.45) is 0 Å². The molecule has 6 aromatic carbocycles. The standard InChI is InChI=1S/C41H26N4/c1-42-34-23-20-30(21-24-34)29-16-18-32(19-17-29)38-27-37(31-12-6-3-7-13-31)43-41(44-38)45-39-15-9-8-14-35(39)36-25-22-33(26-40(36)45)28-10-4-2-5-11-28/h2-27H. The first kappa shape index (κ1) is 26.3. The van der Waals surface area contributed by atoms with E-state index in [1.807, 2.05) is 48.5 Å². The third-order valence-corrected chi connectivity index (χ3v) is 8.28. The lowest BCUT2D eigenvalue weighted by Gasteiger charge is -2.12. The monoisotopic (exact) mass is 574 g/mol. The molecule has 0 aliphatic rings. The van der Waals surface area contributed by atoms with Crippen LogP contribution >= 0.6 is 0 Å². The van der Waals surface area contributed by atoms with E-state index >= 15 is 0 Å². The average molecular weight is 575 g/mol. The number of rotatable bonds is 5. The Hall–Kier alpha value is -6.31. The largest absolute Gasteiger partial charge is 0.278 e. The van der Waals surface area contributed by atoms with Crippen molar-refractivity contribution in [3.05, 3.63) is 169 Å². The topological polar surface area (TPSA) is 35.1 Å². The van der Waals surface area contributed by atoms with Crippen LogP contribution in [0.5, 0.6) is 0 Å². The Morgan fingerprint density at radius 2 is 0.911 bits per heavy atom. The second-order valence-corrected chi connectivity index (χ2v) is 11.0. The van der Waals surface area contributed by atoms with Gasteiger partial charge in [-0.1, -0.05) is 140 Å². The highest BCUT2D eigenvalue weighted by Gasteiger charge is 2.17. The van der Waals surface area contributed by atoms with Crippen molar-refractivity contribution in [3.63, 3.8) is 0 Å². The predicted molar refractivity (Wildman–Crippen MR) is 184 cm³/mol. The number of benzene rings is 6. The molecule has 0 radical (unpaired) electrons. The Labute approximate surface area is 261 Å². The molecular weight excluding hydrogens is 548 g/mol. The number of hydrogen-bond acceptors (Lipinski definition) is 2. The molecule has 45 heavy (non-hydrogen) atoms. The van der Waals surface area contributed by atoms with E-state index in [2.05, 4.69) is 119 Å². The summed E-state index contributed by atoms with van der Waals surface area (Å²) >= 11 is 0. The molecule has 0 saturated heterocycles. The summed E-state index contributed by atoms with van der Waals surface area (Å²) in [6, 6.07) is 54.1. The fourth-order valence-corrected chi connectivity index (χ4v) is 6.00. The second-order valence-electron chi connectivity index (χ2n) is 11.0. The third kappa shape index (κ3) is 4.83. The van der Waals surface area contributed by atoms with Gasteiger partial charge in [-0.15, -0.1) is 0 Å². The maximum atomic E-state index is 7.24. The maximum Gasteiger partial charge on any atom is 0.235 e. The third-order valence-electron chi connectivity index (χ3n) is 8.28. The highest BCUT2D eigenvalue weighted by molar-refractivity contribution is 6.10. The van der Waals surface area contributed by atoms with Crippen molar-refractivity contribution in [3.8, 4) is 50.7 Å². The molecule has 4 heteroatoms. The molecule has 0 saturated carbocycles. The van der Waals surface area contributed by atoms with E-state index in [9.17, 15) is 0 Å². The molecule has 0 aliphatic carbocycles. The van der Waals surface area contributed by atoms with Gasteiger partial charge in [0.15, 0.2) is 5.69 Å². The molecule has 8 rings (SSSR count). The van der Waals surface area contributed by atoms with Crippen molar-refractivity contribution in [1.29, 1.82) is 0 Å². The second kappa shape index (κ2) is 11.1. The van der Waals surface area contributed by atoms with E-state index in [1.165, 1.54) is 5.56 Å².